The highest BCUT2D eigenvalue weighted by Crippen LogP contribution is 2.50. The highest BCUT2D eigenvalue weighted by molar-refractivity contribution is 8.00. The number of imide groups is 1. The maximum absolute atomic E-state index is 16.4. The van der Waals surface area contributed by atoms with Crippen LogP contribution in [0.1, 0.15) is 74.6 Å². The van der Waals surface area contributed by atoms with E-state index in [-0.39, 0.29) is 5.75 Å². The lowest BCUT2D eigenvalue weighted by atomic mass is 10.1. The summed E-state index contributed by atoms with van der Waals surface area (Å²) < 4.78 is 63.5. The van der Waals surface area contributed by atoms with Gasteiger partial charge in [0.05, 0.1) is 11.9 Å². The highest BCUT2D eigenvalue weighted by Gasteiger charge is 2.50. The Morgan fingerprint density at radius 1 is 0.981 bits per heavy atom. The van der Waals surface area contributed by atoms with Crippen LogP contribution in [0.4, 0.5) is 24.6 Å². The molecule has 2 heterocycles. The zero-order valence-corrected chi connectivity index (χ0v) is 33.8. The van der Waals surface area contributed by atoms with Gasteiger partial charge in [0.25, 0.3) is 0 Å². The zero-order chi connectivity index (χ0) is 41.0. The molecular weight excluding hydrogens is 778 g/mol. The van der Waals surface area contributed by atoms with Crippen LogP contribution in [0.2, 0.25) is 5.02 Å². The number of ether oxygens (including phenoxy) is 4. The number of hydrogen-bond acceptors (Lipinski definition) is 14. The summed E-state index contributed by atoms with van der Waals surface area (Å²) in [5, 5.41) is 9.40. The fourth-order valence-electron chi connectivity index (χ4n) is 4.36. The summed E-state index contributed by atoms with van der Waals surface area (Å²) in [7, 11) is -4.56. The van der Waals surface area contributed by atoms with E-state index in [2.05, 4.69) is 10.1 Å². The third-order valence-corrected chi connectivity index (χ3v) is 9.95. The lowest BCUT2D eigenvalue weighted by Gasteiger charge is -2.28. The third kappa shape index (κ3) is 13.1. The number of halogens is 2. The molecule has 1 aromatic heterocycles. The zero-order valence-electron chi connectivity index (χ0n) is 31.4. The molecule has 0 radical (unpaired) electrons. The Morgan fingerprint density at radius 3 is 2.00 bits per heavy atom. The predicted octanol–water partition coefficient (Wildman–Crippen LogP) is 7.11. The first-order chi connectivity index (χ1) is 24.7. The largest absolute Gasteiger partial charge is 0.509 e. The summed E-state index contributed by atoms with van der Waals surface area (Å²) in [5.74, 6) is -1.89. The normalized spacial score (nSPS) is 20.6. The second kappa shape index (κ2) is 17.3. The molecule has 0 aliphatic carbocycles. The minimum Gasteiger partial charge on any atom is -0.480 e. The number of rotatable bonds is 11. The van der Waals surface area contributed by atoms with Crippen LogP contribution < -0.4 is 20.2 Å². The Labute approximate surface area is 320 Å². The van der Waals surface area contributed by atoms with Gasteiger partial charge in [0.15, 0.2) is 18.1 Å². The molecule has 2 N–H and O–H groups in total. The summed E-state index contributed by atoms with van der Waals surface area (Å²) in [6.07, 6.45) is -6.43. The number of benzene rings is 1. The van der Waals surface area contributed by atoms with E-state index in [9.17, 15) is 33.6 Å². The Hall–Kier alpha value is -3.90. The molecule has 21 heteroatoms. The number of anilines is 1. The van der Waals surface area contributed by atoms with Crippen molar-refractivity contribution in [3.8, 4) is 5.75 Å². The number of nitrogens with one attached hydrogen (secondary N) is 1. The van der Waals surface area contributed by atoms with Crippen molar-refractivity contribution in [1.29, 1.82) is 0 Å². The number of carboxylic acid groups (broad SMARTS) is 1. The number of amides is 2. The van der Waals surface area contributed by atoms with Crippen LogP contribution in [0.3, 0.4) is 0 Å². The molecule has 1 fully saturated rings. The van der Waals surface area contributed by atoms with Crippen molar-refractivity contribution in [2.75, 3.05) is 11.5 Å². The lowest BCUT2D eigenvalue weighted by Crippen LogP contribution is -2.45. The molecule has 0 spiro atoms. The average Bonchev–Trinajstić information content (AvgIpc) is 3.28. The minimum absolute atomic E-state index is 0.0146. The first kappa shape index (κ1) is 44.5. The molecule has 54 heavy (non-hydrogen) atoms. The van der Waals surface area contributed by atoms with Crippen molar-refractivity contribution in [3.05, 3.63) is 52.0 Å². The average molecular weight is 823 g/mol. The van der Waals surface area contributed by atoms with Gasteiger partial charge < -0.3 is 28.6 Å². The van der Waals surface area contributed by atoms with E-state index in [4.69, 9.17) is 39.6 Å². The maximum Gasteiger partial charge on any atom is 0.509 e. The molecule has 2 aromatic rings. The van der Waals surface area contributed by atoms with Gasteiger partial charge in [-0.2, -0.15) is 15.0 Å². The lowest BCUT2D eigenvalue weighted by molar-refractivity contribution is -0.138. The number of alkyl halides is 1. The van der Waals surface area contributed by atoms with E-state index in [1.807, 2.05) is 0 Å². The fraction of sp³-hybridized carbons (Fsp3) is 0.576. The molecule has 2 unspecified atom stereocenters. The first-order valence-electron chi connectivity index (χ1n) is 16.4. The smallest absolute Gasteiger partial charge is 0.480 e. The van der Waals surface area contributed by atoms with E-state index < -0.39 is 95.9 Å². The summed E-state index contributed by atoms with van der Waals surface area (Å²) in [5.41, 5.74) is -4.28. The van der Waals surface area contributed by atoms with E-state index in [0.717, 1.165) is 28.6 Å². The van der Waals surface area contributed by atoms with Crippen LogP contribution in [0.5, 0.6) is 5.75 Å². The van der Waals surface area contributed by atoms with Crippen molar-refractivity contribution >= 4 is 61.2 Å². The standard InChI is InChI=1S/C33H45ClFN4O13PS/c1-18(26(40)41)37-53(46,52-20-13-11-19(34)12-14-20)47-17-21-24(48-30(45)51-33(8,9)10)23(35)25(54-21)38-16-15-22(36-27(38)42)39(28(43)49-31(2,3)4)29(44)50-32(5,6)7/h11-16,18,21,23-25H,17H2,1-10H3,(H,37,46)(H,40,41)/t18?,21-,23+,24-,25-,53?/m1/s1. The molecule has 0 saturated carbocycles. The molecule has 1 aliphatic heterocycles. The van der Waals surface area contributed by atoms with Gasteiger partial charge in [0, 0.05) is 11.2 Å². The van der Waals surface area contributed by atoms with Gasteiger partial charge in [0.2, 0.25) is 0 Å². The number of aromatic nitrogens is 2. The highest BCUT2D eigenvalue weighted by atomic mass is 35.5. The number of thioether (sulfide) groups is 1. The van der Waals surface area contributed by atoms with Gasteiger partial charge in [-0.1, -0.05) is 11.6 Å². The van der Waals surface area contributed by atoms with Crippen LogP contribution in [0, 0.1) is 0 Å². The quantitative estimate of drug-likeness (QED) is 0.131. The molecule has 1 aliphatic rings. The molecule has 300 valence electrons. The van der Waals surface area contributed by atoms with Crippen molar-refractivity contribution < 1.29 is 61.2 Å². The number of carbonyl (C=O) groups excluding carboxylic acids is 3. The molecule has 17 nitrogen and oxygen atoms in total. The van der Waals surface area contributed by atoms with Crippen LogP contribution in [0.15, 0.2) is 41.3 Å². The number of carbonyl (C=O) groups is 4. The summed E-state index contributed by atoms with van der Waals surface area (Å²) >= 11 is 6.65. The van der Waals surface area contributed by atoms with Gasteiger partial charge >= 0.3 is 37.7 Å². The minimum atomic E-state index is -4.56. The van der Waals surface area contributed by atoms with Gasteiger partial charge in [-0.05, 0) is 99.6 Å². The third-order valence-electron chi connectivity index (χ3n) is 6.53. The molecule has 6 atom stereocenters. The second-order valence-corrected chi connectivity index (χ2v) is 18.3. The van der Waals surface area contributed by atoms with Crippen molar-refractivity contribution in [2.45, 2.75) is 115 Å². The van der Waals surface area contributed by atoms with Gasteiger partial charge in [-0.25, -0.2) is 28.1 Å². The summed E-state index contributed by atoms with van der Waals surface area (Å²) in [6.45, 7) is 14.5. The topological polar surface area (TPSA) is 211 Å². The first-order valence-corrected chi connectivity index (χ1v) is 19.3. The van der Waals surface area contributed by atoms with Gasteiger partial charge in [-0.15, -0.1) is 11.8 Å². The van der Waals surface area contributed by atoms with E-state index in [1.165, 1.54) is 31.2 Å². The predicted molar refractivity (Wildman–Crippen MR) is 196 cm³/mol. The molecule has 1 aromatic carbocycles. The van der Waals surface area contributed by atoms with Gasteiger partial charge in [-0.3, -0.25) is 13.9 Å². The molecule has 3 rings (SSSR count). The van der Waals surface area contributed by atoms with Crippen molar-refractivity contribution in [2.24, 2.45) is 0 Å². The van der Waals surface area contributed by atoms with Crippen LogP contribution in [-0.4, -0.2) is 85.9 Å². The monoisotopic (exact) mass is 822 g/mol. The summed E-state index contributed by atoms with van der Waals surface area (Å²) in [6, 6.07) is 5.20. The molecular formula is C33H45ClFN4O13PS. The maximum atomic E-state index is 16.4. The van der Waals surface area contributed by atoms with Crippen LogP contribution in [0.25, 0.3) is 0 Å². The number of aliphatic carboxylic acids is 1. The molecule has 1 saturated heterocycles. The van der Waals surface area contributed by atoms with Crippen molar-refractivity contribution in [1.82, 2.24) is 14.6 Å². The molecule has 0 bridgehead atoms. The molecule has 2 amide bonds. The van der Waals surface area contributed by atoms with Gasteiger partial charge in [0.1, 0.15) is 34.0 Å². The van der Waals surface area contributed by atoms with E-state index in [1.54, 1.807) is 62.3 Å². The van der Waals surface area contributed by atoms with E-state index in [0.29, 0.717) is 9.92 Å². The second-order valence-electron chi connectivity index (χ2n) is 14.9. The van der Waals surface area contributed by atoms with Crippen LogP contribution >= 0.6 is 31.1 Å². The van der Waals surface area contributed by atoms with Crippen LogP contribution in [-0.2, 0) is 32.8 Å². The Balaban J connectivity index is 2.00. The number of hydrogen-bond donors (Lipinski definition) is 2. The van der Waals surface area contributed by atoms with E-state index >= 15 is 4.39 Å². The number of carboxylic acids is 1. The Bertz CT molecular complexity index is 1770. The SMILES string of the molecule is CC(NP(=O)(OC[C@H]1S[C@@H](n2ccc(N(C(=O)OC(C)(C)C)C(=O)OC(C)(C)C)nc2=O)[C@@H](F)[C@@H]1OC(=O)OC(C)(C)C)Oc1ccc(Cl)cc1)C(=O)O. The Kier molecular flexibility index (Phi) is 14.2. The fourth-order valence-corrected chi connectivity index (χ4v) is 7.57. The van der Waals surface area contributed by atoms with Crippen molar-refractivity contribution in [3.63, 3.8) is 0 Å². The summed E-state index contributed by atoms with van der Waals surface area (Å²) in [4.78, 5) is 68.3. The number of nitrogens with zero attached hydrogens (tertiary/aromatic N) is 3. The Morgan fingerprint density at radius 2 is 1.52 bits per heavy atom.